The summed E-state index contributed by atoms with van der Waals surface area (Å²) in [7, 11) is 2.13. The maximum atomic E-state index is 5.93. The lowest BCUT2D eigenvalue weighted by atomic mass is 9.90. The average molecular weight is 237 g/mol. The van der Waals surface area contributed by atoms with Gasteiger partial charge in [-0.25, -0.2) is 0 Å². The number of hydrogen-bond acceptors (Lipinski definition) is 3. The van der Waals surface area contributed by atoms with Crippen LogP contribution in [0.2, 0.25) is 0 Å². The smallest absolute Gasteiger partial charge is 0.142 e. The maximum absolute atomic E-state index is 5.93. The van der Waals surface area contributed by atoms with Gasteiger partial charge in [0.2, 0.25) is 0 Å². The van der Waals surface area contributed by atoms with Crippen LogP contribution < -0.4 is 0 Å². The molecule has 0 aromatic heterocycles. The summed E-state index contributed by atoms with van der Waals surface area (Å²) in [6.45, 7) is 4.47. The van der Waals surface area contributed by atoms with E-state index in [0.29, 0.717) is 0 Å². The van der Waals surface area contributed by atoms with Gasteiger partial charge in [0.15, 0.2) is 0 Å². The molecule has 16 heavy (non-hydrogen) atoms. The molecule has 0 spiro atoms. The summed E-state index contributed by atoms with van der Waals surface area (Å²) in [6, 6.07) is 0. The lowest BCUT2D eigenvalue weighted by Gasteiger charge is -2.26. The molecular formula is C13H19NOS. The van der Waals surface area contributed by atoms with E-state index in [1.54, 1.807) is 0 Å². The predicted molar refractivity (Wildman–Crippen MR) is 69.9 cm³/mol. The average Bonchev–Trinajstić information content (AvgIpc) is 2.60. The molecule has 3 heteroatoms. The van der Waals surface area contributed by atoms with Crippen LogP contribution in [0.25, 0.3) is 0 Å². The first-order chi connectivity index (χ1) is 7.83. The van der Waals surface area contributed by atoms with Crippen LogP contribution in [0.1, 0.15) is 25.7 Å². The third kappa shape index (κ3) is 2.46. The molecule has 0 unspecified atom stereocenters. The Bertz CT molecular complexity index is 327. The molecule has 0 aromatic carbocycles. The summed E-state index contributed by atoms with van der Waals surface area (Å²) in [5.74, 6) is 2.18. The number of ether oxygens (including phenoxy) is 1. The minimum absolute atomic E-state index is 0.748. The van der Waals surface area contributed by atoms with Crippen molar-refractivity contribution >= 4 is 11.8 Å². The first-order valence-corrected chi connectivity index (χ1v) is 6.87. The number of rotatable bonds is 5. The Morgan fingerprint density at radius 2 is 2.44 bits per heavy atom. The van der Waals surface area contributed by atoms with Crippen molar-refractivity contribution in [3.05, 3.63) is 35.1 Å². The van der Waals surface area contributed by atoms with Crippen molar-refractivity contribution in [2.24, 2.45) is 0 Å². The molecule has 0 bridgehead atoms. The topological polar surface area (TPSA) is 12.5 Å². The molecule has 0 saturated heterocycles. The Hall–Kier alpha value is -0.830. The highest BCUT2D eigenvalue weighted by molar-refractivity contribution is 8.02. The first-order valence-electron chi connectivity index (χ1n) is 5.82. The van der Waals surface area contributed by atoms with Gasteiger partial charge in [-0.2, -0.15) is 0 Å². The number of nitrogens with zero attached hydrogens (tertiary/aromatic N) is 1. The summed E-state index contributed by atoms with van der Waals surface area (Å²) in [4.78, 5) is 2.26. The van der Waals surface area contributed by atoms with Crippen LogP contribution in [0.3, 0.4) is 0 Å². The van der Waals surface area contributed by atoms with E-state index < -0.39 is 0 Å². The number of thioether (sulfide) groups is 1. The number of hydrogen-bond donors (Lipinski definition) is 0. The van der Waals surface area contributed by atoms with Gasteiger partial charge in [-0.1, -0.05) is 6.08 Å². The second-order valence-corrected chi connectivity index (χ2v) is 5.04. The highest BCUT2D eigenvalue weighted by Crippen LogP contribution is 2.36. The van der Waals surface area contributed by atoms with Gasteiger partial charge >= 0.3 is 0 Å². The molecule has 1 fully saturated rings. The van der Waals surface area contributed by atoms with Crippen LogP contribution in [0.15, 0.2) is 35.1 Å². The lowest BCUT2D eigenvalue weighted by molar-refractivity contribution is 0.204. The number of allylic oxidation sites excluding steroid dienone is 1. The molecule has 1 heterocycles. The normalized spacial score (nSPS) is 19.2. The zero-order chi connectivity index (χ0) is 11.4. The molecule has 2 nitrogen and oxygen atoms in total. The largest absolute Gasteiger partial charge is 0.491 e. The highest BCUT2D eigenvalue weighted by atomic mass is 32.2. The first kappa shape index (κ1) is 11.6. The van der Waals surface area contributed by atoms with E-state index in [1.165, 1.54) is 30.5 Å². The fourth-order valence-electron chi connectivity index (χ4n) is 1.80. The summed E-state index contributed by atoms with van der Waals surface area (Å²) >= 11 is 1.84. The standard InChI is InChI=1S/C13H19NOS/c1-3-4-8-15-13(11-6-5-7-11)12-9-16-10-14(12)2/h3,9H,1,4-8,10H2,2H3. The van der Waals surface area contributed by atoms with E-state index in [9.17, 15) is 0 Å². The second-order valence-electron chi connectivity index (χ2n) is 4.21. The quantitative estimate of drug-likeness (QED) is 0.412. The van der Waals surface area contributed by atoms with Gasteiger partial charge in [0.25, 0.3) is 0 Å². The third-order valence-electron chi connectivity index (χ3n) is 2.95. The van der Waals surface area contributed by atoms with E-state index in [4.69, 9.17) is 4.74 Å². The minimum atomic E-state index is 0.748. The molecule has 0 radical (unpaired) electrons. The highest BCUT2D eigenvalue weighted by Gasteiger charge is 2.23. The Morgan fingerprint density at radius 3 is 2.94 bits per heavy atom. The minimum Gasteiger partial charge on any atom is -0.491 e. The van der Waals surface area contributed by atoms with E-state index in [1.807, 2.05) is 17.8 Å². The molecule has 0 atom stereocenters. The fourth-order valence-corrected chi connectivity index (χ4v) is 2.68. The Kier molecular flexibility index (Phi) is 3.99. The molecule has 88 valence electrons. The van der Waals surface area contributed by atoms with Crippen molar-refractivity contribution in [3.63, 3.8) is 0 Å². The van der Waals surface area contributed by atoms with Crippen molar-refractivity contribution in [1.29, 1.82) is 0 Å². The van der Waals surface area contributed by atoms with Crippen molar-refractivity contribution < 1.29 is 4.74 Å². The van der Waals surface area contributed by atoms with Gasteiger partial charge in [-0.15, -0.1) is 18.3 Å². The van der Waals surface area contributed by atoms with Crippen molar-refractivity contribution in [2.45, 2.75) is 25.7 Å². The molecule has 2 rings (SSSR count). The molecule has 1 saturated carbocycles. The molecule has 1 aliphatic heterocycles. The SMILES string of the molecule is C=CCCOC(C1=CSCN1C)=C1CCC1. The van der Waals surface area contributed by atoms with Gasteiger partial charge in [0.1, 0.15) is 5.76 Å². The molecule has 2 aliphatic rings. The monoisotopic (exact) mass is 237 g/mol. The molecule has 0 aromatic rings. The Morgan fingerprint density at radius 1 is 1.62 bits per heavy atom. The number of likely N-dealkylation sites (N-methyl/N-ethyl adjacent to an activating group) is 1. The van der Waals surface area contributed by atoms with Gasteiger partial charge < -0.3 is 9.64 Å². The predicted octanol–water partition coefficient (Wildman–Crippen LogP) is 3.49. The van der Waals surface area contributed by atoms with Crippen molar-refractivity contribution in [3.8, 4) is 0 Å². The zero-order valence-electron chi connectivity index (χ0n) is 9.87. The molecule has 1 aliphatic carbocycles. The van der Waals surface area contributed by atoms with E-state index in [-0.39, 0.29) is 0 Å². The van der Waals surface area contributed by atoms with E-state index in [2.05, 4.69) is 23.9 Å². The molecule has 0 N–H and O–H groups in total. The summed E-state index contributed by atoms with van der Waals surface area (Å²) in [6.07, 6.45) is 6.55. The van der Waals surface area contributed by atoms with Crippen LogP contribution >= 0.6 is 11.8 Å². The van der Waals surface area contributed by atoms with Crippen molar-refractivity contribution in [2.75, 3.05) is 19.5 Å². The Balaban J connectivity index is 2.06. The second kappa shape index (κ2) is 5.48. The third-order valence-corrected chi connectivity index (χ3v) is 3.88. The van der Waals surface area contributed by atoms with Crippen LogP contribution in [-0.4, -0.2) is 24.4 Å². The van der Waals surface area contributed by atoms with Crippen LogP contribution in [0.4, 0.5) is 0 Å². The molecule has 0 amide bonds. The fraction of sp³-hybridized carbons (Fsp3) is 0.538. The molecular weight excluding hydrogens is 218 g/mol. The van der Waals surface area contributed by atoms with Gasteiger partial charge in [0, 0.05) is 7.05 Å². The van der Waals surface area contributed by atoms with E-state index >= 15 is 0 Å². The van der Waals surface area contributed by atoms with Crippen molar-refractivity contribution in [1.82, 2.24) is 4.90 Å². The summed E-state index contributed by atoms with van der Waals surface area (Å²) < 4.78 is 5.93. The van der Waals surface area contributed by atoms with Crippen LogP contribution in [-0.2, 0) is 4.74 Å². The summed E-state index contributed by atoms with van der Waals surface area (Å²) in [5.41, 5.74) is 2.76. The lowest BCUT2D eigenvalue weighted by Crippen LogP contribution is -2.18. The van der Waals surface area contributed by atoms with E-state index in [0.717, 1.165) is 24.7 Å². The van der Waals surface area contributed by atoms with Crippen LogP contribution in [0.5, 0.6) is 0 Å². The van der Waals surface area contributed by atoms with Gasteiger partial charge in [-0.3, -0.25) is 0 Å². The Labute approximate surface area is 102 Å². The van der Waals surface area contributed by atoms with Crippen LogP contribution in [0, 0.1) is 0 Å². The summed E-state index contributed by atoms with van der Waals surface area (Å²) in [5, 5.41) is 2.22. The van der Waals surface area contributed by atoms with Gasteiger partial charge in [-0.05, 0) is 36.7 Å². The van der Waals surface area contributed by atoms with Gasteiger partial charge in [0.05, 0.1) is 18.2 Å². The maximum Gasteiger partial charge on any atom is 0.142 e. The zero-order valence-corrected chi connectivity index (χ0v) is 10.7.